The van der Waals surface area contributed by atoms with Crippen LogP contribution >= 0.6 is 12.4 Å². The summed E-state index contributed by atoms with van der Waals surface area (Å²) >= 11 is 0. The van der Waals surface area contributed by atoms with Gasteiger partial charge in [-0.1, -0.05) is 0 Å². The van der Waals surface area contributed by atoms with Crippen LogP contribution in [0.15, 0.2) is 34.1 Å². The van der Waals surface area contributed by atoms with Gasteiger partial charge >= 0.3 is 0 Å². The summed E-state index contributed by atoms with van der Waals surface area (Å²) in [6, 6.07) is 5.61. The first-order valence-electron chi connectivity index (χ1n) is 8.33. The minimum absolute atomic E-state index is 0. The van der Waals surface area contributed by atoms with Gasteiger partial charge in [-0.25, -0.2) is 21.6 Å². The highest BCUT2D eigenvalue weighted by atomic mass is 35.5. The zero-order valence-corrected chi connectivity index (χ0v) is 17.0. The summed E-state index contributed by atoms with van der Waals surface area (Å²) in [6.07, 6.45) is 0.825. The predicted molar refractivity (Wildman–Crippen MR) is 102 cm³/mol. The molecule has 1 unspecified atom stereocenters. The van der Waals surface area contributed by atoms with Crippen molar-refractivity contribution in [1.29, 1.82) is 0 Å². The molecule has 11 heteroatoms. The quantitative estimate of drug-likeness (QED) is 0.672. The molecule has 0 bridgehead atoms. The van der Waals surface area contributed by atoms with Crippen LogP contribution in [0.5, 0.6) is 0 Å². The highest BCUT2D eigenvalue weighted by Crippen LogP contribution is 2.24. The third kappa shape index (κ3) is 4.38. The van der Waals surface area contributed by atoms with Gasteiger partial charge in [0.15, 0.2) is 0 Å². The number of hydrogen-bond donors (Lipinski definition) is 2. The van der Waals surface area contributed by atoms with E-state index in [4.69, 9.17) is 0 Å². The lowest BCUT2D eigenvalue weighted by atomic mass is 10.2. The van der Waals surface area contributed by atoms with Crippen molar-refractivity contribution in [1.82, 2.24) is 19.2 Å². The van der Waals surface area contributed by atoms with Crippen LogP contribution in [0.1, 0.15) is 6.42 Å². The number of hydrogen-bond acceptors (Lipinski definition) is 6. The largest absolute Gasteiger partial charge is 0.314 e. The van der Waals surface area contributed by atoms with Crippen LogP contribution in [0.25, 0.3) is 0 Å². The van der Waals surface area contributed by atoms with Gasteiger partial charge in [0.1, 0.15) is 0 Å². The maximum atomic E-state index is 12.8. The Balaban J connectivity index is 0.00000243. The van der Waals surface area contributed by atoms with Gasteiger partial charge in [-0.15, -0.1) is 12.4 Å². The predicted octanol–water partition coefficient (Wildman–Crippen LogP) is -0.315. The number of nitrogens with one attached hydrogen (secondary N) is 2. The zero-order chi connectivity index (χ0) is 18.1. The molecule has 8 nitrogen and oxygen atoms in total. The number of piperazine rings is 1. The molecule has 3 rings (SSSR count). The van der Waals surface area contributed by atoms with E-state index < -0.39 is 20.0 Å². The van der Waals surface area contributed by atoms with Crippen LogP contribution in [0, 0.1) is 0 Å². The number of nitrogens with zero attached hydrogens (tertiary/aromatic N) is 2. The van der Waals surface area contributed by atoms with E-state index in [0.29, 0.717) is 13.1 Å². The van der Waals surface area contributed by atoms with Crippen molar-refractivity contribution < 1.29 is 16.8 Å². The molecule has 148 valence electrons. The highest BCUT2D eigenvalue weighted by molar-refractivity contribution is 7.89. The van der Waals surface area contributed by atoms with E-state index in [0.717, 1.165) is 32.6 Å². The molecule has 0 spiro atoms. The Kier molecular flexibility index (Phi) is 7.05. The molecule has 2 heterocycles. The Morgan fingerprint density at radius 2 is 1.58 bits per heavy atom. The lowest BCUT2D eigenvalue weighted by Crippen LogP contribution is -2.49. The van der Waals surface area contributed by atoms with Crippen LogP contribution in [-0.4, -0.2) is 78.4 Å². The summed E-state index contributed by atoms with van der Waals surface area (Å²) in [5.41, 5.74) is 0. The molecular formula is C15H25ClN4O4S2. The minimum Gasteiger partial charge on any atom is -0.314 e. The summed E-state index contributed by atoms with van der Waals surface area (Å²) in [6.45, 7) is 4.73. The molecule has 26 heavy (non-hydrogen) atoms. The molecular weight excluding hydrogens is 400 g/mol. The van der Waals surface area contributed by atoms with Crippen molar-refractivity contribution in [2.75, 3.05) is 46.3 Å². The molecule has 0 aliphatic carbocycles. The smallest absolute Gasteiger partial charge is 0.243 e. The van der Waals surface area contributed by atoms with E-state index in [-0.39, 0.29) is 28.2 Å². The molecule has 2 aliphatic rings. The molecule has 2 saturated heterocycles. The number of rotatable bonds is 5. The van der Waals surface area contributed by atoms with Gasteiger partial charge in [0.2, 0.25) is 20.0 Å². The Bertz CT molecular complexity index is 809. The Morgan fingerprint density at radius 3 is 2.15 bits per heavy atom. The Morgan fingerprint density at radius 1 is 1.00 bits per heavy atom. The van der Waals surface area contributed by atoms with Crippen molar-refractivity contribution in [2.24, 2.45) is 0 Å². The van der Waals surface area contributed by atoms with Gasteiger partial charge in [0, 0.05) is 45.3 Å². The second-order valence-electron chi connectivity index (χ2n) is 6.27. The fourth-order valence-electron chi connectivity index (χ4n) is 3.33. The fraction of sp³-hybridized carbons (Fsp3) is 0.600. The van der Waals surface area contributed by atoms with E-state index in [1.807, 2.05) is 0 Å². The van der Waals surface area contributed by atoms with Gasteiger partial charge < -0.3 is 5.32 Å². The number of benzene rings is 1. The normalized spacial score (nSPS) is 22.9. The highest BCUT2D eigenvalue weighted by Gasteiger charge is 2.35. The second-order valence-corrected chi connectivity index (χ2v) is 10.1. The number of sulfonamides is 2. The van der Waals surface area contributed by atoms with Gasteiger partial charge in [-0.2, -0.15) is 4.31 Å². The average molecular weight is 425 g/mol. The lowest BCUT2D eigenvalue weighted by molar-refractivity contribution is 0.179. The summed E-state index contributed by atoms with van der Waals surface area (Å²) in [4.78, 5) is 2.52. The Hall–Kier alpha value is -0.750. The molecule has 2 aliphatic heterocycles. The average Bonchev–Trinajstić information content (AvgIpc) is 3.13. The van der Waals surface area contributed by atoms with E-state index in [1.54, 1.807) is 0 Å². The van der Waals surface area contributed by atoms with Crippen molar-refractivity contribution in [3.8, 4) is 0 Å². The fourth-order valence-corrected chi connectivity index (χ4v) is 5.55. The van der Waals surface area contributed by atoms with Crippen LogP contribution in [0.3, 0.4) is 0 Å². The van der Waals surface area contributed by atoms with E-state index in [9.17, 15) is 16.8 Å². The summed E-state index contributed by atoms with van der Waals surface area (Å²) in [5.74, 6) is 0. The third-order valence-electron chi connectivity index (χ3n) is 4.83. The molecule has 0 radical (unpaired) electrons. The second kappa shape index (κ2) is 8.51. The first-order chi connectivity index (χ1) is 11.8. The van der Waals surface area contributed by atoms with Gasteiger partial charge in [0.05, 0.1) is 9.79 Å². The first kappa shape index (κ1) is 21.5. The molecule has 1 aromatic rings. The maximum Gasteiger partial charge on any atom is 0.243 e. The SMILES string of the molecule is CNS(=O)(=O)c1ccc(S(=O)(=O)N2CCC(N3CCNCC3)C2)cc1.Cl. The van der Waals surface area contributed by atoms with Gasteiger partial charge in [-0.3, -0.25) is 4.90 Å². The third-order valence-corrected chi connectivity index (χ3v) is 8.14. The van der Waals surface area contributed by atoms with Crippen molar-refractivity contribution in [3.05, 3.63) is 24.3 Å². The number of halogens is 1. The molecule has 0 aromatic heterocycles. The van der Waals surface area contributed by atoms with Crippen LogP contribution < -0.4 is 10.0 Å². The van der Waals surface area contributed by atoms with E-state index in [2.05, 4.69) is 14.9 Å². The summed E-state index contributed by atoms with van der Waals surface area (Å²) in [7, 11) is -5.86. The van der Waals surface area contributed by atoms with Crippen LogP contribution in [0.2, 0.25) is 0 Å². The monoisotopic (exact) mass is 424 g/mol. The molecule has 1 aromatic carbocycles. The van der Waals surface area contributed by atoms with Crippen LogP contribution in [0.4, 0.5) is 0 Å². The summed E-state index contributed by atoms with van der Waals surface area (Å²) in [5, 5.41) is 3.30. The van der Waals surface area contributed by atoms with Gasteiger partial charge in [-0.05, 0) is 37.7 Å². The van der Waals surface area contributed by atoms with E-state index in [1.165, 1.54) is 35.6 Å². The molecule has 0 saturated carbocycles. The minimum atomic E-state index is -3.60. The Labute approximate surface area is 161 Å². The van der Waals surface area contributed by atoms with E-state index >= 15 is 0 Å². The maximum absolute atomic E-state index is 12.8. The van der Waals surface area contributed by atoms with Crippen molar-refractivity contribution in [2.45, 2.75) is 22.3 Å². The zero-order valence-electron chi connectivity index (χ0n) is 14.6. The topological polar surface area (TPSA) is 98.8 Å². The molecule has 1 atom stereocenters. The summed E-state index contributed by atoms with van der Waals surface area (Å²) < 4.78 is 52.9. The lowest BCUT2D eigenvalue weighted by Gasteiger charge is -2.32. The molecule has 2 N–H and O–H groups in total. The van der Waals surface area contributed by atoms with Crippen molar-refractivity contribution in [3.63, 3.8) is 0 Å². The standard InChI is InChI=1S/C15H24N4O4S2.ClH/c1-16-24(20,21)14-2-4-15(5-3-14)25(22,23)19-9-6-13(12-19)18-10-7-17-8-11-18;/h2-5,13,16-17H,6-12H2,1H3;1H. The molecule has 2 fully saturated rings. The molecule has 0 amide bonds. The first-order valence-corrected chi connectivity index (χ1v) is 11.3. The van der Waals surface area contributed by atoms with Crippen molar-refractivity contribution >= 4 is 32.5 Å². The van der Waals surface area contributed by atoms with Crippen LogP contribution in [-0.2, 0) is 20.0 Å². The van der Waals surface area contributed by atoms with Gasteiger partial charge in [0.25, 0.3) is 0 Å².